The summed E-state index contributed by atoms with van der Waals surface area (Å²) in [7, 11) is 0. The van der Waals surface area contributed by atoms with Gasteiger partial charge in [0.1, 0.15) is 0 Å². The number of likely N-dealkylation sites (tertiary alicyclic amines) is 1. The van der Waals surface area contributed by atoms with Crippen LogP contribution in [-0.2, 0) is 0 Å². The molecule has 1 aromatic carbocycles. The average Bonchev–Trinajstić information content (AvgIpc) is 2.32. The van der Waals surface area contributed by atoms with Gasteiger partial charge < -0.3 is 0 Å². The molecule has 1 heterocycles. The number of nitrogens with zero attached hydrogens (tertiary/aromatic N) is 1. The van der Waals surface area contributed by atoms with Crippen molar-refractivity contribution in [2.24, 2.45) is 0 Å². The summed E-state index contributed by atoms with van der Waals surface area (Å²) in [5, 5.41) is 0.820. The van der Waals surface area contributed by atoms with Crippen LogP contribution in [0.4, 0.5) is 0 Å². The fourth-order valence-corrected chi connectivity index (χ4v) is 3.16. The van der Waals surface area contributed by atoms with Crippen LogP contribution in [0.2, 0.25) is 5.02 Å². The third-order valence-corrected chi connectivity index (χ3v) is 4.43. The van der Waals surface area contributed by atoms with Crippen molar-refractivity contribution in [2.75, 3.05) is 13.1 Å². The van der Waals surface area contributed by atoms with Crippen molar-refractivity contribution in [2.45, 2.75) is 38.1 Å². The summed E-state index contributed by atoms with van der Waals surface area (Å²) in [5.41, 5.74) is 2.92. The molecule has 96 valence electrons. The zero-order valence-electron chi connectivity index (χ0n) is 10.7. The first kappa shape index (κ1) is 12.3. The van der Waals surface area contributed by atoms with Gasteiger partial charge in [0, 0.05) is 11.1 Å². The van der Waals surface area contributed by atoms with Crippen LogP contribution >= 0.6 is 11.6 Å². The summed E-state index contributed by atoms with van der Waals surface area (Å²) >= 11 is 5.94. The molecule has 1 nitrogen and oxygen atoms in total. The molecule has 0 amide bonds. The van der Waals surface area contributed by atoms with Crippen LogP contribution in [0.25, 0.3) is 6.08 Å². The first-order valence-corrected chi connectivity index (χ1v) is 7.41. The third-order valence-electron chi connectivity index (χ3n) is 4.17. The van der Waals surface area contributed by atoms with Crippen molar-refractivity contribution in [3.8, 4) is 0 Å². The van der Waals surface area contributed by atoms with Crippen molar-refractivity contribution in [3.05, 3.63) is 40.4 Å². The van der Waals surface area contributed by atoms with Gasteiger partial charge in [-0.15, -0.1) is 0 Å². The van der Waals surface area contributed by atoms with Gasteiger partial charge in [-0.1, -0.05) is 41.8 Å². The molecule has 1 aromatic rings. The minimum absolute atomic E-state index is 0.711. The predicted molar refractivity (Wildman–Crippen MR) is 77.9 cm³/mol. The van der Waals surface area contributed by atoms with E-state index in [0.29, 0.717) is 6.04 Å². The molecule has 2 heteroatoms. The molecule has 0 bridgehead atoms. The lowest BCUT2D eigenvalue weighted by molar-refractivity contribution is 0.121. The molecule has 0 N–H and O–H groups in total. The molecule has 2 fully saturated rings. The van der Waals surface area contributed by atoms with Gasteiger partial charge in [0.25, 0.3) is 0 Å². The summed E-state index contributed by atoms with van der Waals surface area (Å²) in [6.45, 7) is 2.59. The molecule has 0 aromatic heterocycles. The Bertz CT molecular complexity index is 431. The van der Waals surface area contributed by atoms with E-state index in [1.807, 2.05) is 12.1 Å². The molecule has 18 heavy (non-hydrogen) atoms. The number of rotatable bonds is 2. The molecule has 1 unspecified atom stereocenters. The molecule has 0 radical (unpaired) electrons. The van der Waals surface area contributed by atoms with Crippen molar-refractivity contribution < 1.29 is 0 Å². The van der Waals surface area contributed by atoms with Crippen LogP contribution in [0.1, 0.15) is 37.7 Å². The molecule has 1 aliphatic carbocycles. The predicted octanol–water partition coefficient (Wildman–Crippen LogP) is 4.37. The van der Waals surface area contributed by atoms with E-state index < -0.39 is 0 Å². The maximum absolute atomic E-state index is 5.94. The zero-order valence-corrected chi connectivity index (χ0v) is 11.5. The Kier molecular flexibility index (Phi) is 3.72. The Morgan fingerprint density at radius 3 is 2.50 bits per heavy atom. The van der Waals surface area contributed by atoms with Gasteiger partial charge in [-0.25, -0.2) is 0 Å². The van der Waals surface area contributed by atoms with Gasteiger partial charge in [0.2, 0.25) is 0 Å². The minimum Gasteiger partial charge on any atom is -0.297 e. The highest BCUT2D eigenvalue weighted by Gasteiger charge is 2.28. The Morgan fingerprint density at radius 2 is 1.83 bits per heavy atom. The van der Waals surface area contributed by atoms with Crippen molar-refractivity contribution in [1.82, 2.24) is 4.90 Å². The Hall–Kier alpha value is -0.790. The Balaban J connectivity index is 1.80. The minimum atomic E-state index is 0.711. The second-order valence-corrected chi connectivity index (χ2v) is 5.86. The van der Waals surface area contributed by atoms with E-state index in [4.69, 9.17) is 11.6 Å². The van der Waals surface area contributed by atoms with Crippen LogP contribution in [-0.4, -0.2) is 24.0 Å². The van der Waals surface area contributed by atoms with E-state index in [0.717, 1.165) is 5.02 Å². The maximum Gasteiger partial charge on any atom is 0.0406 e. The van der Waals surface area contributed by atoms with E-state index in [1.54, 1.807) is 5.57 Å². The topological polar surface area (TPSA) is 3.24 Å². The van der Waals surface area contributed by atoms with Crippen LogP contribution in [0.3, 0.4) is 0 Å². The molecule has 3 rings (SSSR count). The van der Waals surface area contributed by atoms with Crippen LogP contribution in [0, 0.1) is 0 Å². The molecule has 2 aliphatic rings. The first-order valence-electron chi connectivity index (χ1n) is 7.03. The van der Waals surface area contributed by atoms with Gasteiger partial charge in [-0.05, 0) is 56.5 Å². The maximum atomic E-state index is 5.94. The number of hydrogen-bond donors (Lipinski definition) is 0. The normalized spacial score (nSPS) is 27.2. The van der Waals surface area contributed by atoms with Crippen LogP contribution < -0.4 is 0 Å². The summed E-state index contributed by atoms with van der Waals surface area (Å²) in [4.78, 5) is 2.64. The number of hydrogen-bond acceptors (Lipinski definition) is 1. The smallest absolute Gasteiger partial charge is 0.0406 e. The highest BCUT2D eigenvalue weighted by Crippen LogP contribution is 2.32. The molecule has 1 saturated heterocycles. The molecule has 0 spiro atoms. The monoisotopic (exact) mass is 261 g/mol. The second-order valence-electron chi connectivity index (χ2n) is 5.42. The van der Waals surface area contributed by atoms with E-state index in [9.17, 15) is 0 Å². The molecule has 1 aliphatic heterocycles. The van der Waals surface area contributed by atoms with E-state index in [-0.39, 0.29) is 0 Å². The Morgan fingerprint density at radius 1 is 1.06 bits per heavy atom. The highest BCUT2D eigenvalue weighted by atomic mass is 35.5. The van der Waals surface area contributed by atoms with E-state index in [2.05, 4.69) is 23.1 Å². The standard InChI is InChI=1S/C16H20ClN/c17-15-8-6-13(7-9-15)12-14-4-1-2-5-16(14)18-10-3-11-18/h6-9,12,16H,1-5,10-11H2/b14-12-. The lowest BCUT2D eigenvalue weighted by atomic mass is 9.86. The van der Waals surface area contributed by atoms with E-state index >= 15 is 0 Å². The van der Waals surface area contributed by atoms with Crippen molar-refractivity contribution in [1.29, 1.82) is 0 Å². The van der Waals surface area contributed by atoms with Crippen LogP contribution in [0.5, 0.6) is 0 Å². The first-order chi connectivity index (χ1) is 8.83. The van der Waals surface area contributed by atoms with Gasteiger partial charge in [-0.3, -0.25) is 4.90 Å². The van der Waals surface area contributed by atoms with E-state index in [1.165, 1.54) is 50.8 Å². The third kappa shape index (κ3) is 2.62. The molecule has 1 atom stereocenters. The molecular formula is C16H20ClN. The number of benzene rings is 1. The lowest BCUT2D eigenvalue weighted by Crippen LogP contribution is -2.46. The fraction of sp³-hybridized carbons (Fsp3) is 0.500. The average molecular weight is 262 g/mol. The summed E-state index contributed by atoms with van der Waals surface area (Å²) in [5.74, 6) is 0. The largest absolute Gasteiger partial charge is 0.297 e. The highest BCUT2D eigenvalue weighted by molar-refractivity contribution is 6.30. The van der Waals surface area contributed by atoms with Crippen LogP contribution in [0.15, 0.2) is 29.8 Å². The van der Waals surface area contributed by atoms with Gasteiger partial charge in [0.15, 0.2) is 0 Å². The van der Waals surface area contributed by atoms with Crippen molar-refractivity contribution >= 4 is 17.7 Å². The zero-order chi connectivity index (χ0) is 12.4. The summed E-state index contributed by atoms with van der Waals surface area (Å²) < 4.78 is 0. The SMILES string of the molecule is Clc1ccc(/C=C2/CCCCC2N2CCC2)cc1. The second kappa shape index (κ2) is 5.46. The lowest BCUT2D eigenvalue weighted by Gasteiger charge is -2.42. The summed E-state index contributed by atoms with van der Waals surface area (Å²) in [6.07, 6.45) is 9.12. The Labute approximate surface area is 114 Å². The van der Waals surface area contributed by atoms with Crippen molar-refractivity contribution in [3.63, 3.8) is 0 Å². The summed E-state index contributed by atoms with van der Waals surface area (Å²) in [6, 6.07) is 8.92. The van der Waals surface area contributed by atoms with Gasteiger partial charge in [-0.2, -0.15) is 0 Å². The molecular weight excluding hydrogens is 242 g/mol. The number of halogens is 1. The quantitative estimate of drug-likeness (QED) is 0.764. The van der Waals surface area contributed by atoms with Gasteiger partial charge >= 0.3 is 0 Å². The van der Waals surface area contributed by atoms with Gasteiger partial charge in [0.05, 0.1) is 0 Å². The fourth-order valence-electron chi connectivity index (χ4n) is 3.03. The molecule has 1 saturated carbocycles.